The molecule has 0 saturated heterocycles. The second-order valence-corrected chi connectivity index (χ2v) is 4.01. The molecule has 3 aromatic rings. The average molecular weight is 213 g/mol. The van der Waals surface area contributed by atoms with Crippen molar-refractivity contribution in [1.82, 2.24) is 4.57 Å². The van der Waals surface area contributed by atoms with Gasteiger partial charge in [-0.15, -0.1) is 0 Å². The zero-order chi connectivity index (χ0) is 11.3. The van der Waals surface area contributed by atoms with Crippen molar-refractivity contribution in [2.45, 2.75) is 6.92 Å². The first-order valence-electron chi connectivity index (χ1n) is 5.16. The molecule has 0 N–H and O–H groups in total. The monoisotopic (exact) mass is 213 g/mol. The molecule has 2 heterocycles. The van der Waals surface area contributed by atoms with Crippen LogP contribution in [0.1, 0.15) is 5.56 Å². The minimum absolute atomic E-state index is 0.242. The molecule has 3 nitrogen and oxygen atoms in total. The smallest absolute Gasteiger partial charge is 0.339 e. The Hall–Kier alpha value is -2.03. The number of hydrogen-bond acceptors (Lipinski definition) is 2. The van der Waals surface area contributed by atoms with E-state index in [9.17, 15) is 4.79 Å². The van der Waals surface area contributed by atoms with Gasteiger partial charge in [0, 0.05) is 35.1 Å². The maximum absolute atomic E-state index is 11.5. The summed E-state index contributed by atoms with van der Waals surface area (Å²) in [5.74, 6) is 0. The van der Waals surface area contributed by atoms with E-state index in [1.165, 1.54) is 0 Å². The SMILES string of the molecule is Cc1c(=O)oc2ccc3c(cccn3C)c12. The largest absolute Gasteiger partial charge is 0.422 e. The molecule has 80 valence electrons. The summed E-state index contributed by atoms with van der Waals surface area (Å²) in [5.41, 5.74) is 2.21. The summed E-state index contributed by atoms with van der Waals surface area (Å²) in [6.07, 6.45) is 1.99. The van der Waals surface area contributed by atoms with E-state index in [0.717, 1.165) is 16.3 Å². The topological polar surface area (TPSA) is 35.1 Å². The van der Waals surface area contributed by atoms with Crippen LogP contribution in [0.4, 0.5) is 0 Å². The molecule has 0 bridgehead atoms. The maximum atomic E-state index is 11.5. The van der Waals surface area contributed by atoms with Crippen molar-refractivity contribution in [2.24, 2.45) is 7.05 Å². The summed E-state index contributed by atoms with van der Waals surface area (Å²) in [7, 11) is 1.99. The number of fused-ring (bicyclic) bond motifs is 3. The predicted octanol–water partition coefficient (Wildman–Crippen LogP) is 2.59. The van der Waals surface area contributed by atoms with Crippen molar-refractivity contribution in [3.8, 4) is 0 Å². The van der Waals surface area contributed by atoms with Gasteiger partial charge in [0.05, 0.1) is 0 Å². The Morgan fingerprint density at radius 2 is 2.06 bits per heavy atom. The minimum Gasteiger partial charge on any atom is -0.422 e. The van der Waals surface area contributed by atoms with E-state index in [2.05, 4.69) is 0 Å². The van der Waals surface area contributed by atoms with Crippen LogP contribution in [0.2, 0.25) is 0 Å². The Morgan fingerprint density at radius 1 is 1.25 bits per heavy atom. The third-order valence-electron chi connectivity index (χ3n) is 3.02. The summed E-state index contributed by atoms with van der Waals surface area (Å²) in [6, 6.07) is 7.81. The van der Waals surface area contributed by atoms with Crippen molar-refractivity contribution in [1.29, 1.82) is 0 Å². The Morgan fingerprint density at radius 3 is 2.88 bits per heavy atom. The van der Waals surface area contributed by atoms with Crippen LogP contribution < -0.4 is 5.63 Å². The molecular formula is C13H11NO2. The molecule has 3 rings (SSSR count). The van der Waals surface area contributed by atoms with Crippen molar-refractivity contribution < 1.29 is 4.42 Å². The fourth-order valence-corrected chi connectivity index (χ4v) is 2.16. The molecule has 3 heteroatoms. The highest BCUT2D eigenvalue weighted by Crippen LogP contribution is 2.26. The van der Waals surface area contributed by atoms with Crippen molar-refractivity contribution in [3.05, 3.63) is 46.4 Å². The first-order valence-corrected chi connectivity index (χ1v) is 5.16. The highest BCUT2D eigenvalue weighted by molar-refractivity contribution is 6.06. The molecule has 0 aliphatic carbocycles. The molecule has 0 aliphatic heterocycles. The fourth-order valence-electron chi connectivity index (χ4n) is 2.16. The summed E-state index contributed by atoms with van der Waals surface area (Å²) in [6.45, 7) is 1.81. The Kier molecular flexibility index (Phi) is 1.72. The van der Waals surface area contributed by atoms with Gasteiger partial charge in [-0.2, -0.15) is 0 Å². The highest BCUT2D eigenvalue weighted by Gasteiger charge is 2.11. The Bertz CT molecular complexity index is 750. The van der Waals surface area contributed by atoms with Gasteiger partial charge in [-0.3, -0.25) is 0 Å². The quantitative estimate of drug-likeness (QED) is 0.575. The van der Waals surface area contributed by atoms with Gasteiger partial charge in [0.2, 0.25) is 0 Å². The molecule has 0 radical (unpaired) electrons. The van der Waals surface area contributed by atoms with Crippen LogP contribution in [0.25, 0.3) is 21.9 Å². The molecule has 0 fully saturated rings. The minimum atomic E-state index is -0.242. The van der Waals surface area contributed by atoms with Crippen LogP contribution in [-0.2, 0) is 7.05 Å². The number of nitrogens with zero attached hydrogens (tertiary/aromatic N) is 1. The van der Waals surface area contributed by atoms with Crippen molar-refractivity contribution in [2.75, 3.05) is 0 Å². The van der Waals surface area contributed by atoms with Crippen molar-refractivity contribution in [3.63, 3.8) is 0 Å². The van der Waals surface area contributed by atoms with Crippen LogP contribution in [0, 0.1) is 6.92 Å². The van der Waals surface area contributed by atoms with E-state index in [1.807, 2.05) is 42.1 Å². The lowest BCUT2D eigenvalue weighted by Gasteiger charge is -2.05. The molecule has 1 aromatic carbocycles. The maximum Gasteiger partial charge on any atom is 0.339 e. The van der Waals surface area contributed by atoms with Gasteiger partial charge in [0.1, 0.15) is 5.58 Å². The second kappa shape index (κ2) is 2.98. The lowest BCUT2D eigenvalue weighted by molar-refractivity contribution is 0.570. The molecule has 0 spiro atoms. The van der Waals surface area contributed by atoms with Crippen LogP contribution in [0.3, 0.4) is 0 Å². The van der Waals surface area contributed by atoms with Crippen molar-refractivity contribution >= 4 is 21.9 Å². The lowest BCUT2D eigenvalue weighted by atomic mass is 10.1. The molecular weight excluding hydrogens is 202 g/mol. The number of hydrogen-bond donors (Lipinski definition) is 0. The molecule has 0 atom stereocenters. The number of aryl methyl sites for hydroxylation is 2. The standard InChI is InChI=1S/C13H11NO2/c1-8-12-9-4-3-7-14(2)10(9)5-6-11(12)16-13(8)15/h3-7H,1-2H3. The van der Waals surface area contributed by atoms with E-state index in [4.69, 9.17) is 4.42 Å². The number of furan rings is 1. The molecule has 0 amide bonds. The van der Waals surface area contributed by atoms with E-state index in [1.54, 1.807) is 6.92 Å². The number of benzene rings is 1. The predicted molar refractivity (Wildman–Crippen MR) is 63.7 cm³/mol. The Labute approximate surface area is 91.9 Å². The Balaban J connectivity index is 2.68. The van der Waals surface area contributed by atoms with Gasteiger partial charge in [0.15, 0.2) is 0 Å². The van der Waals surface area contributed by atoms with Crippen LogP contribution in [-0.4, -0.2) is 4.57 Å². The number of aromatic nitrogens is 1. The third-order valence-corrected chi connectivity index (χ3v) is 3.02. The average Bonchev–Trinajstić information content (AvgIpc) is 2.56. The van der Waals surface area contributed by atoms with E-state index in [-0.39, 0.29) is 5.63 Å². The lowest BCUT2D eigenvalue weighted by Crippen LogP contribution is -1.95. The van der Waals surface area contributed by atoms with Gasteiger partial charge >= 0.3 is 5.63 Å². The van der Waals surface area contributed by atoms with Gasteiger partial charge in [-0.25, -0.2) is 4.79 Å². The third kappa shape index (κ3) is 1.05. The first-order chi connectivity index (χ1) is 7.68. The number of pyridine rings is 1. The number of rotatable bonds is 0. The van der Waals surface area contributed by atoms with Gasteiger partial charge in [0.25, 0.3) is 0 Å². The van der Waals surface area contributed by atoms with Gasteiger partial charge in [-0.05, 0) is 25.1 Å². The molecule has 0 aliphatic rings. The van der Waals surface area contributed by atoms with Gasteiger partial charge < -0.3 is 8.98 Å². The van der Waals surface area contributed by atoms with Crippen LogP contribution in [0.5, 0.6) is 0 Å². The molecule has 16 heavy (non-hydrogen) atoms. The summed E-state index contributed by atoms with van der Waals surface area (Å²) in [4.78, 5) is 11.5. The summed E-state index contributed by atoms with van der Waals surface area (Å²) >= 11 is 0. The molecule has 2 aromatic heterocycles. The zero-order valence-electron chi connectivity index (χ0n) is 9.15. The second-order valence-electron chi connectivity index (χ2n) is 4.01. The fraction of sp³-hybridized carbons (Fsp3) is 0.154. The molecule has 0 unspecified atom stereocenters. The molecule has 0 saturated carbocycles. The van der Waals surface area contributed by atoms with E-state index < -0.39 is 0 Å². The first kappa shape index (κ1) is 9.21. The van der Waals surface area contributed by atoms with E-state index in [0.29, 0.717) is 11.1 Å². The summed E-state index contributed by atoms with van der Waals surface area (Å²) < 4.78 is 7.22. The van der Waals surface area contributed by atoms with Crippen LogP contribution >= 0.6 is 0 Å². The van der Waals surface area contributed by atoms with Gasteiger partial charge in [-0.1, -0.05) is 6.07 Å². The van der Waals surface area contributed by atoms with E-state index >= 15 is 0 Å². The normalized spacial score (nSPS) is 11.4. The summed E-state index contributed by atoms with van der Waals surface area (Å²) in [5, 5.41) is 1.99. The zero-order valence-corrected chi connectivity index (χ0v) is 9.15. The van der Waals surface area contributed by atoms with Crippen LogP contribution in [0.15, 0.2) is 39.7 Å². The highest BCUT2D eigenvalue weighted by atomic mass is 16.4.